The number of piperazine rings is 1. The van der Waals surface area contributed by atoms with Gasteiger partial charge in [-0.3, -0.25) is 19.3 Å². The van der Waals surface area contributed by atoms with Crippen LogP contribution in [-0.2, 0) is 9.59 Å². The maximum Gasteiger partial charge on any atom is 0.254 e. The number of amides is 3. The second-order valence-corrected chi connectivity index (χ2v) is 8.98. The van der Waals surface area contributed by atoms with Crippen LogP contribution in [0.15, 0.2) is 49.7 Å². The van der Waals surface area contributed by atoms with E-state index in [2.05, 4.69) is 40.3 Å². The molecule has 2 heterocycles. The molecule has 2 fully saturated rings. The lowest BCUT2D eigenvalue weighted by molar-refractivity contribution is -0.126. The molecule has 1 saturated carbocycles. The summed E-state index contributed by atoms with van der Waals surface area (Å²) < 4.78 is 5.67. The molecule has 37 heavy (non-hydrogen) atoms. The number of methoxy groups -OCH3 is 1. The zero-order valence-corrected chi connectivity index (χ0v) is 21.0. The molecule has 2 aliphatic rings. The molecule has 2 aromatic rings. The zero-order chi connectivity index (χ0) is 26.7. The first kappa shape index (κ1) is 25.7. The van der Waals surface area contributed by atoms with Gasteiger partial charge in [-0.05, 0) is 44.1 Å². The van der Waals surface area contributed by atoms with E-state index in [1.807, 2.05) is 18.2 Å². The van der Waals surface area contributed by atoms with Crippen LogP contribution in [0.3, 0.4) is 0 Å². The largest absolute Gasteiger partial charge is 0.495 e. The van der Waals surface area contributed by atoms with Gasteiger partial charge in [0.1, 0.15) is 11.3 Å². The number of aromatic nitrogens is 2. The third-order valence-corrected chi connectivity index (χ3v) is 6.45. The molecule has 3 amide bonds. The normalized spacial score (nSPS) is 17.1. The minimum atomic E-state index is -0.723. The number of benzene rings is 1. The number of carbonyl (C=O) groups excluding carboxylic acids is 3. The van der Waals surface area contributed by atoms with Gasteiger partial charge < -0.3 is 25.6 Å². The standard InChI is InChI=1S/C26H31N7O4/c1-5-22(34)31-11-12-32(16(3)15-31)20-10-7-17(13-21(20)37-4)29-26-28-14-19(24(27)36)25(30-26)33(18-8-9-18)23(35)6-2/h5-7,10,13-14,16,18H,1-2,8-9,11-12,15H2,3-4H3,(H2,27,36)(H,28,29,30)/t16-/m0/s1. The van der Waals surface area contributed by atoms with Crippen molar-refractivity contribution in [1.82, 2.24) is 14.9 Å². The number of rotatable bonds is 9. The topological polar surface area (TPSA) is 134 Å². The summed E-state index contributed by atoms with van der Waals surface area (Å²) >= 11 is 0. The molecule has 1 atom stereocenters. The average molecular weight is 506 g/mol. The van der Waals surface area contributed by atoms with Gasteiger partial charge >= 0.3 is 0 Å². The molecule has 1 saturated heterocycles. The molecule has 1 aromatic heterocycles. The lowest BCUT2D eigenvalue weighted by Crippen LogP contribution is -2.53. The summed E-state index contributed by atoms with van der Waals surface area (Å²) in [6.07, 6.45) is 5.45. The van der Waals surface area contributed by atoms with E-state index < -0.39 is 5.91 Å². The second kappa shape index (κ2) is 10.7. The van der Waals surface area contributed by atoms with Crippen LogP contribution in [0, 0.1) is 0 Å². The molecule has 1 aliphatic heterocycles. The molecule has 11 nitrogen and oxygen atoms in total. The minimum absolute atomic E-state index is 0.0589. The van der Waals surface area contributed by atoms with E-state index in [-0.39, 0.29) is 41.2 Å². The van der Waals surface area contributed by atoms with Crippen LogP contribution < -0.4 is 25.6 Å². The van der Waals surface area contributed by atoms with Gasteiger partial charge in [-0.15, -0.1) is 0 Å². The van der Waals surface area contributed by atoms with E-state index in [0.29, 0.717) is 31.1 Å². The third-order valence-electron chi connectivity index (χ3n) is 6.45. The first-order chi connectivity index (χ1) is 17.8. The van der Waals surface area contributed by atoms with Gasteiger partial charge in [0.2, 0.25) is 11.9 Å². The van der Waals surface area contributed by atoms with Crippen molar-refractivity contribution < 1.29 is 19.1 Å². The molecule has 194 valence electrons. The molecule has 11 heteroatoms. The SMILES string of the molecule is C=CC(=O)N1CCN(c2ccc(Nc3ncc(C(N)=O)c(N(C(=O)C=C)C4CC4)n3)cc2OC)[C@@H](C)C1. The van der Waals surface area contributed by atoms with Crippen molar-refractivity contribution >= 4 is 40.9 Å². The van der Waals surface area contributed by atoms with Crippen molar-refractivity contribution in [2.75, 3.05) is 41.9 Å². The van der Waals surface area contributed by atoms with Gasteiger partial charge in [0.15, 0.2) is 5.82 Å². The van der Waals surface area contributed by atoms with Crippen molar-refractivity contribution in [1.29, 1.82) is 0 Å². The lowest BCUT2D eigenvalue weighted by atomic mass is 10.1. The number of hydrogen-bond acceptors (Lipinski definition) is 8. The Morgan fingerprint density at radius 2 is 1.97 bits per heavy atom. The van der Waals surface area contributed by atoms with Crippen LogP contribution in [0.2, 0.25) is 0 Å². The van der Waals surface area contributed by atoms with Crippen LogP contribution in [0.5, 0.6) is 5.75 Å². The van der Waals surface area contributed by atoms with Crippen LogP contribution in [0.4, 0.5) is 23.1 Å². The number of nitrogens with zero attached hydrogens (tertiary/aromatic N) is 5. The fourth-order valence-corrected chi connectivity index (χ4v) is 4.45. The number of nitrogens with two attached hydrogens (primary N) is 1. The highest BCUT2D eigenvalue weighted by atomic mass is 16.5. The highest BCUT2D eigenvalue weighted by Gasteiger charge is 2.36. The first-order valence-electron chi connectivity index (χ1n) is 12.0. The first-order valence-corrected chi connectivity index (χ1v) is 12.0. The van der Waals surface area contributed by atoms with Crippen LogP contribution in [0.25, 0.3) is 0 Å². The fourth-order valence-electron chi connectivity index (χ4n) is 4.45. The van der Waals surface area contributed by atoms with E-state index in [1.54, 1.807) is 12.0 Å². The Kier molecular flexibility index (Phi) is 7.42. The number of hydrogen-bond donors (Lipinski definition) is 2. The van der Waals surface area contributed by atoms with Gasteiger partial charge in [0.25, 0.3) is 11.8 Å². The number of carbonyl (C=O) groups is 3. The quantitative estimate of drug-likeness (QED) is 0.496. The monoisotopic (exact) mass is 505 g/mol. The summed E-state index contributed by atoms with van der Waals surface area (Å²) in [6.45, 7) is 11.0. The third kappa shape index (κ3) is 5.40. The Balaban J connectivity index is 1.59. The smallest absolute Gasteiger partial charge is 0.254 e. The predicted octanol–water partition coefficient (Wildman–Crippen LogP) is 2.23. The average Bonchev–Trinajstić information content (AvgIpc) is 3.73. The van der Waals surface area contributed by atoms with E-state index in [4.69, 9.17) is 10.5 Å². The number of nitrogens with one attached hydrogen (secondary N) is 1. The van der Waals surface area contributed by atoms with Gasteiger partial charge in [0, 0.05) is 49.7 Å². The highest BCUT2D eigenvalue weighted by Crippen LogP contribution is 2.36. The molecule has 4 rings (SSSR count). The lowest BCUT2D eigenvalue weighted by Gasteiger charge is -2.41. The Labute approximate surface area is 215 Å². The molecule has 0 spiro atoms. The molecule has 0 bridgehead atoms. The summed E-state index contributed by atoms with van der Waals surface area (Å²) in [5.74, 6) is -0.168. The van der Waals surface area contributed by atoms with Crippen LogP contribution >= 0.6 is 0 Å². The summed E-state index contributed by atoms with van der Waals surface area (Å²) in [7, 11) is 1.59. The number of ether oxygens (including phenoxy) is 1. The zero-order valence-electron chi connectivity index (χ0n) is 21.0. The Morgan fingerprint density at radius 1 is 1.22 bits per heavy atom. The van der Waals surface area contributed by atoms with Gasteiger partial charge in [0.05, 0.1) is 12.8 Å². The Hall–Kier alpha value is -4.41. The molecule has 1 aliphatic carbocycles. The van der Waals surface area contributed by atoms with E-state index in [9.17, 15) is 14.4 Å². The van der Waals surface area contributed by atoms with Gasteiger partial charge in [-0.25, -0.2) is 4.98 Å². The van der Waals surface area contributed by atoms with Crippen molar-refractivity contribution in [3.63, 3.8) is 0 Å². The van der Waals surface area contributed by atoms with Crippen molar-refractivity contribution in [3.8, 4) is 5.75 Å². The van der Waals surface area contributed by atoms with Crippen molar-refractivity contribution in [3.05, 3.63) is 55.3 Å². The number of primary amides is 1. The summed E-state index contributed by atoms with van der Waals surface area (Å²) in [5.41, 5.74) is 7.14. The Morgan fingerprint density at radius 3 is 2.57 bits per heavy atom. The summed E-state index contributed by atoms with van der Waals surface area (Å²) in [6, 6.07) is 5.63. The van der Waals surface area contributed by atoms with E-state index >= 15 is 0 Å². The highest BCUT2D eigenvalue weighted by molar-refractivity contribution is 6.07. The fraction of sp³-hybridized carbons (Fsp3) is 0.346. The molecule has 0 radical (unpaired) electrons. The minimum Gasteiger partial charge on any atom is -0.495 e. The maximum atomic E-state index is 12.5. The van der Waals surface area contributed by atoms with Crippen molar-refractivity contribution in [2.45, 2.75) is 31.8 Å². The molecule has 0 unspecified atom stereocenters. The summed E-state index contributed by atoms with van der Waals surface area (Å²) in [5, 5.41) is 3.13. The van der Waals surface area contributed by atoms with E-state index in [1.165, 1.54) is 23.2 Å². The molecule has 3 N–H and O–H groups in total. The molecular weight excluding hydrogens is 474 g/mol. The predicted molar refractivity (Wildman–Crippen MR) is 141 cm³/mol. The van der Waals surface area contributed by atoms with Gasteiger partial charge in [-0.1, -0.05) is 13.2 Å². The second-order valence-electron chi connectivity index (χ2n) is 8.98. The van der Waals surface area contributed by atoms with E-state index in [0.717, 1.165) is 18.5 Å². The molecular formula is C26H31N7O4. The van der Waals surface area contributed by atoms with Crippen molar-refractivity contribution in [2.24, 2.45) is 5.73 Å². The maximum absolute atomic E-state index is 12.5. The Bertz CT molecular complexity index is 1240. The summed E-state index contributed by atoms with van der Waals surface area (Å²) in [4.78, 5) is 50.7. The number of anilines is 4. The van der Waals surface area contributed by atoms with Crippen LogP contribution in [-0.4, -0.2) is 71.4 Å². The van der Waals surface area contributed by atoms with Crippen LogP contribution in [0.1, 0.15) is 30.1 Å². The molecule has 1 aromatic carbocycles. The van der Waals surface area contributed by atoms with Gasteiger partial charge in [-0.2, -0.15) is 4.98 Å².